The minimum absolute atomic E-state index is 0.0545. The SMILES string of the molecule is COC(=O)CCC(=O)Nc1nnc(-c2cccs2)s1. The summed E-state index contributed by atoms with van der Waals surface area (Å²) in [6.07, 6.45) is 0.125. The fraction of sp³-hybridized carbons (Fsp3) is 0.273. The van der Waals surface area contributed by atoms with Gasteiger partial charge in [0.25, 0.3) is 0 Å². The van der Waals surface area contributed by atoms with E-state index < -0.39 is 5.97 Å². The van der Waals surface area contributed by atoms with Crippen molar-refractivity contribution in [3.63, 3.8) is 0 Å². The molecule has 0 spiro atoms. The molecule has 0 saturated heterocycles. The molecular formula is C11H11N3O3S2. The van der Waals surface area contributed by atoms with E-state index in [1.165, 1.54) is 18.4 Å². The number of carbonyl (C=O) groups excluding carboxylic acids is 2. The third-order valence-electron chi connectivity index (χ3n) is 2.19. The monoisotopic (exact) mass is 297 g/mol. The van der Waals surface area contributed by atoms with Gasteiger partial charge in [0.05, 0.1) is 18.4 Å². The molecule has 2 heterocycles. The normalized spacial score (nSPS) is 10.2. The second kappa shape index (κ2) is 6.39. The van der Waals surface area contributed by atoms with Crippen molar-refractivity contribution in [1.29, 1.82) is 0 Å². The van der Waals surface area contributed by atoms with Crippen LogP contribution in [0.4, 0.5) is 5.13 Å². The maximum atomic E-state index is 11.6. The molecule has 0 unspecified atom stereocenters. The topological polar surface area (TPSA) is 81.2 Å². The number of amides is 1. The Morgan fingerprint density at radius 1 is 1.37 bits per heavy atom. The van der Waals surface area contributed by atoms with E-state index in [-0.39, 0.29) is 18.7 Å². The first-order chi connectivity index (χ1) is 9.19. The first-order valence-corrected chi connectivity index (χ1v) is 7.12. The Morgan fingerprint density at radius 2 is 2.21 bits per heavy atom. The highest BCUT2D eigenvalue weighted by Crippen LogP contribution is 2.29. The largest absolute Gasteiger partial charge is 0.469 e. The van der Waals surface area contributed by atoms with Gasteiger partial charge in [-0.15, -0.1) is 21.5 Å². The van der Waals surface area contributed by atoms with Gasteiger partial charge in [0.2, 0.25) is 11.0 Å². The van der Waals surface area contributed by atoms with Crippen LogP contribution in [-0.2, 0) is 14.3 Å². The van der Waals surface area contributed by atoms with E-state index >= 15 is 0 Å². The summed E-state index contributed by atoms with van der Waals surface area (Å²) >= 11 is 2.86. The number of hydrogen-bond donors (Lipinski definition) is 1. The van der Waals surface area contributed by atoms with Gasteiger partial charge in [0, 0.05) is 6.42 Å². The molecule has 0 radical (unpaired) electrons. The van der Waals surface area contributed by atoms with Gasteiger partial charge in [-0.05, 0) is 11.4 Å². The number of ether oxygens (including phenoxy) is 1. The fourth-order valence-corrected chi connectivity index (χ4v) is 2.82. The molecule has 19 heavy (non-hydrogen) atoms. The van der Waals surface area contributed by atoms with Crippen molar-refractivity contribution >= 4 is 39.7 Å². The Bertz CT molecular complexity index is 566. The van der Waals surface area contributed by atoms with Gasteiger partial charge in [-0.3, -0.25) is 9.59 Å². The van der Waals surface area contributed by atoms with Crippen LogP contribution in [0, 0.1) is 0 Å². The standard InChI is InChI=1S/C11H11N3O3S2/c1-17-9(16)5-4-8(15)12-11-14-13-10(19-11)7-3-2-6-18-7/h2-3,6H,4-5H2,1H3,(H,12,14,15). The lowest BCUT2D eigenvalue weighted by molar-refractivity contribution is -0.141. The van der Waals surface area contributed by atoms with E-state index in [9.17, 15) is 9.59 Å². The smallest absolute Gasteiger partial charge is 0.306 e. The van der Waals surface area contributed by atoms with E-state index in [0.29, 0.717) is 5.13 Å². The molecular weight excluding hydrogens is 286 g/mol. The molecule has 0 atom stereocenters. The third kappa shape index (κ3) is 3.83. The number of nitrogens with zero attached hydrogens (tertiary/aromatic N) is 2. The predicted octanol–water partition coefficient (Wildman–Crippen LogP) is 2.16. The number of methoxy groups -OCH3 is 1. The maximum absolute atomic E-state index is 11.6. The Balaban J connectivity index is 1.89. The molecule has 0 aromatic carbocycles. The average Bonchev–Trinajstić information content (AvgIpc) is 3.06. The minimum atomic E-state index is -0.410. The summed E-state index contributed by atoms with van der Waals surface area (Å²) < 4.78 is 4.46. The molecule has 6 nitrogen and oxygen atoms in total. The molecule has 100 valence electrons. The molecule has 1 amide bonds. The Labute approximate surface area is 117 Å². The number of anilines is 1. The molecule has 1 N–H and O–H groups in total. The molecule has 0 aliphatic heterocycles. The molecule has 8 heteroatoms. The summed E-state index contributed by atoms with van der Waals surface area (Å²) in [5, 5.41) is 13.6. The van der Waals surface area contributed by atoms with Crippen molar-refractivity contribution in [1.82, 2.24) is 10.2 Å². The predicted molar refractivity (Wildman–Crippen MR) is 73.1 cm³/mol. The first-order valence-electron chi connectivity index (χ1n) is 5.43. The lowest BCUT2D eigenvalue weighted by atomic mass is 10.3. The second-order valence-corrected chi connectivity index (χ2v) is 5.44. The van der Waals surface area contributed by atoms with Crippen LogP contribution in [0.1, 0.15) is 12.8 Å². The molecule has 0 aliphatic rings. The van der Waals surface area contributed by atoms with Crippen molar-refractivity contribution in [3.8, 4) is 9.88 Å². The zero-order valence-corrected chi connectivity index (χ0v) is 11.7. The number of aromatic nitrogens is 2. The van der Waals surface area contributed by atoms with Crippen LogP contribution in [0.2, 0.25) is 0 Å². The van der Waals surface area contributed by atoms with Gasteiger partial charge in [0.15, 0.2) is 5.01 Å². The Morgan fingerprint density at radius 3 is 2.89 bits per heavy atom. The number of nitrogens with one attached hydrogen (secondary N) is 1. The van der Waals surface area contributed by atoms with Crippen LogP contribution < -0.4 is 5.32 Å². The maximum Gasteiger partial charge on any atom is 0.306 e. The molecule has 2 aromatic rings. The molecule has 0 bridgehead atoms. The van der Waals surface area contributed by atoms with Gasteiger partial charge in [0.1, 0.15) is 0 Å². The van der Waals surface area contributed by atoms with Crippen LogP contribution in [-0.4, -0.2) is 29.2 Å². The lowest BCUT2D eigenvalue weighted by Gasteiger charge is -1.99. The number of hydrogen-bond acceptors (Lipinski definition) is 7. The van der Waals surface area contributed by atoms with E-state index in [2.05, 4.69) is 20.3 Å². The summed E-state index contributed by atoms with van der Waals surface area (Å²) in [4.78, 5) is 23.5. The third-order valence-corrected chi connectivity index (χ3v) is 4.06. The van der Waals surface area contributed by atoms with Crippen molar-refractivity contribution in [3.05, 3.63) is 17.5 Å². The van der Waals surface area contributed by atoms with Crippen molar-refractivity contribution in [2.75, 3.05) is 12.4 Å². The molecule has 0 fully saturated rings. The van der Waals surface area contributed by atoms with E-state index in [1.807, 2.05) is 17.5 Å². The van der Waals surface area contributed by atoms with Crippen molar-refractivity contribution < 1.29 is 14.3 Å². The van der Waals surface area contributed by atoms with E-state index in [4.69, 9.17) is 0 Å². The lowest BCUT2D eigenvalue weighted by Crippen LogP contribution is -2.13. The first kappa shape index (κ1) is 13.6. The summed E-state index contributed by atoms with van der Waals surface area (Å²) in [5.41, 5.74) is 0. The van der Waals surface area contributed by atoms with Crippen molar-refractivity contribution in [2.45, 2.75) is 12.8 Å². The van der Waals surface area contributed by atoms with Crippen molar-refractivity contribution in [2.24, 2.45) is 0 Å². The van der Waals surface area contributed by atoms with Gasteiger partial charge < -0.3 is 10.1 Å². The Hall–Kier alpha value is -1.80. The van der Waals surface area contributed by atoms with Crippen LogP contribution in [0.15, 0.2) is 17.5 Å². The summed E-state index contributed by atoms with van der Waals surface area (Å²) in [5.74, 6) is -0.689. The van der Waals surface area contributed by atoms with E-state index in [0.717, 1.165) is 9.88 Å². The van der Waals surface area contributed by atoms with Gasteiger partial charge >= 0.3 is 5.97 Å². The molecule has 0 aliphatic carbocycles. The molecule has 2 aromatic heterocycles. The number of esters is 1. The van der Waals surface area contributed by atoms with E-state index in [1.54, 1.807) is 11.3 Å². The summed E-state index contributed by atoms with van der Waals surface area (Å²) in [6.45, 7) is 0. The Kier molecular flexibility index (Phi) is 4.58. The highest BCUT2D eigenvalue weighted by Gasteiger charge is 2.11. The van der Waals surface area contributed by atoms with Crippen LogP contribution in [0.25, 0.3) is 9.88 Å². The van der Waals surface area contributed by atoms with Gasteiger partial charge in [-0.2, -0.15) is 0 Å². The highest BCUT2D eigenvalue weighted by molar-refractivity contribution is 7.23. The zero-order valence-electron chi connectivity index (χ0n) is 10.1. The minimum Gasteiger partial charge on any atom is -0.469 e. The van der Waals surface area contributed by atoms with Crippen LogP contribution in [0.5, 0.6) is 0 Å². The van der Waals surface area contributed by atoms with Crippen LogP contribution >= 0.6 is 22.7 Å². The molecule has 2 rings (SSSR count). The number of carbonyl (C=O) groups is 2. The fourth-order valence-electron chi connectivity index (χ4n) is 1.27. The van der Waals surface area contributed by atoms with Gasteiger partial charge in [-0.1, -0.05) is 17.4 Å². The highest BCUT2D eigenvalue weighted by atomic mass is 32.1. The second-order valence-electron chi connectivity index (χ2n) is 3.51. The number of thiophene rings is 1. The quantitative estimate of drug-likeness (QED) is 0.855. The number of rotatable bonds is 5. The summed E-state index contributed by atoms with van der Waals surface area (Å²) in [7, 11) is 1.29. The zero-order chi connectivity index (χ0) is 13.7. The summed E-state index contributed by atoms with van der Waals surface area (Å²) in [6, 6.07) is 3.87. The molecule has 0 saturated carbocycles. The van der Waals surface area contributed by atoms with Gasteiger partial charge in [-0.25, -0.2) is 0 Å². The van der Waals surface area contributed by atoms with Crippen LogP contribution in [0.3, 0.4) is 0 Å². The average molecular weight is 297 g/mol.